The van der Waals surface area contributed by atoms with Crippen molar-refractivity contribution in [1.82, 2.24) is 5.32 Å². The van der Waals surface area contributed by atoms with Crippen molar-refractivity contribution < 1.29 is 19.8 Å². The fourth-order valence-electron chi connectivity index (χ4n) is 1.71. The highest BCUT2D eigenvalue weighted by molar-refractivity contribution is 6.32. The van der Waals surface area contributed by atoms with E-state index in [1.165, 1.54) is 18.2 Å². The van der Waals surface area contributed by atoms with Crippen LogP contribution in [0.2, 0.25) is 5.02 Å². The zero-order valence-electron chi connectivity index (χ0n) is 11.1. The van der Waals surface area contributed by atoms with Crippen molar-refractivity contribution in [2.75, 3.05) is 6.54 Å². The Bertz CT molecular complexity index is 476. The Morgan fingerprint density at radius 3 is 2.50 bits per heavy atom. The molecule has 3 N–H and O–H groups in total. The number of hydrogen-bond donors (Lipinski definition) is 3. The number of carbonyl (C=O) groups is 2. The lowest BCUT2D eigenvalue weighted by atomic mass is 10.1. The number of phenols is 1. The van der Waals surface area contributed by atoms with Crippen LogP contribution in [-0.4, -0.2) is 28.6 Å². The third-order valence-corrected chi connectivity index (χ3v) is 3.12. The first-order chi connectivity index (χ1) is 9.50. The highest BCUT2D eigenvalue weighted by Gasteiger charge is 2.07. The minimum absolute atomic E-state index is 0.0540. The van der Waals surface area contributed by atoms with E-state index in [1.54, 1.807) is 0 Å². The summed E-state index contributed by atoms with van der Waals surface area (Å²) in [6.07, 6.45) is 3.38. The highest BCUT2D eigenvalue weighted by atomic mass is 35.5. The lowest BCUT2D eigenvalue weighted by Gasteiger charge is -2.06. The molecule has 0 heterocycles. The average molecular weight is 300 g/mol. The number of amides is 1. The van der Waals surface area contributed by atoms with E-state index in [9.17, 15) is 14.7 Å². The molecule has 0 aliphatic rings. The third-order valence-electron chi connectivity index (χ3n) is 2.81. The van der Waals surface area contributed by atoms with Gasteiger partial charge in [-0.15, -0.1) is 0 Å². The molecule has 1 rings (SSSR count). The van der Waals surface area contributed by atoms with Gasteiger partial charge in [-0.25, -0.2) is 0 Å². The van der Waals surface area contributed by atoms with Crippen molar-refractivity contribution in [1.29, 1.82) is 0 Å². The average Bonchev–Trinajstić information content (AvgIpc) is 2.40. The van der Waals surface area contributed by atoms with Crippen LogP contribution in [0.25, 0.3) is 0 Å². The van der Waals surface area contributed by atoms with Crippen LogP contribution in [-0.2, 0) is 4.79 Å². The number of halogens is 1. The number of nitrogens with one attached hydrogen (secondary N) is 1. The number of unbranched alkanes of at least 4 members (excludes halogenated alkanes) is 3. The number of benzene rings is 1. The second-order valence-corrected chi connectivity index (χ2v) is 4.89. The molecule has 1 amide bonds. The first-order valence-electron chi connectivity index (χ1n) is 6.49. The van der Waals surface area contributed by atoms with E-state index in [1.807, 2.05) is 0 Å². The Morgan fingerprint density at radius 1 is 1.15 bits per heavy atom. The Morgan fingerprint density at radius 2 is 1.85 bits per heavy atom. The van der Waals surface area contributed by atoms with E-state index in [0.29, 0.717) is 18.5 Å². The molecule has 5 nitrogen and oxygen atoms in total. The van der Waals surface area contributed by atoms with E-state index >= 15 is 0 Å². The second kappa shape index (κ2) is 8.43. The van der Waals surface area contributed by atoms with Gasteiger partial charge in [-0.1, -0.05) is 24.4 Å². The largest absolute Gasteiger partial charge is 0.506 e. The number of carboxylic acids is 1. The Hall–Kier alpha value is -1.75. The lowest BCUT2D eigenvalue weighted by molar-refractivity contribution is -0.137. The van der Waals surface area contributed by atoms with E-state index in [-0.39, 0.29) is 23.1 Å². The predicted molar refractivity (Wildman–Crippen MR) is 76.2 cm³/mol. The van der Waals surface area contributed by atoms with Crippen LogP contribution >= 0.6 is 11.6 Å². The molecule has 0 aromatic heterocycles. The molecule has 110 valence electrons. The van der Waals surface area contributed by atoms with Crippen molar-refractivity contribution in [2.45, 2.75) is 32.1 Å². The molecule has 0 saturated heterocycles. The van der Waals surface area contributed by atoms with E-state index < -0.39 is 5.97 Å². The van der Waals surface area contributed by atoms with Gasteiger partial charge in [0, 0.05) is 18.5 Å². The third kappa shape index (κ3) is 5.93. The van der Waals surface area contributed by atoms with Crippen molar-refractivity contribution in [2.24, 2.45) is 0 Å². The lowest BCUT2D eigenvalue weighted by Crippen LogP contribution is -2.24. The van der Waals surface area contributed by atoms with Crippen molar-refractivity contribution in [3.63, 3.8) is 0 Å². The zero-order valence-corrected chi connectivity index (χ0v) is 11.8. The molecule has 0 aliphatic carbocycles. The molecular weight excluding hydrogens is 282 g/mol. The monoisotopic (exact) mass is 299 g/mol. The number of phenolic OH excluding ortho intramolecular Hbond substituents is 1. The van der Waals surface area contributed by atoms with Crippen LogP contribution in [0.15, 0.2) is 18.2 Å². The predicted octanol–water partition coefficient (Wildman–Crippen LogP) is 2.81. The molecule has 0 spiro atoms. The van der Waals surface area contributed by atoms with Gasteiger partial charge >= 0.3 is 5.97 Å². The van der Waals surface area contributed by atoms with E-state index in [0.717, 1.165) is 19.3 Å². The number of aliphatic carboxylic acids is 1. The maximum Gasteiger partial charge on any atom is 0.303 e. The van der Waals surface area contributed by atoms with Gasteiger partial charge in [0.25, 0.3) is 5.91 Å². The van der Waals surface area contributed by atoms with Gasteiger partial charge in [-0.2, -0.15) is 0 Å². The van der Waals surface area contributed by atoms with Crippen molar-refractivity contribution >= 4 is 23.5 Å². The van der Waals surface area contributed by atoms with Crippen LogP contribution < -0.4 is 5.32 Å². The minimum atomic E-state index is -0.775. The maximum absolute atomic E-state index is 11.8. The number of rotatable bonds is 8. The first kappa shape index (κ1) is 16.3. The summed E-state index contributed by atoms with van der Waals surface area (Å²) >= 11 is 5.72. The van der Waals surface area contributed by atoms with Crippen LogP contribution in [0, 0.1) is 0 Å². The zero-order chi connectivity index (χ0) is 15.0. The van der Waals surface area contributed by atoms with Gasteiger partial charge < -0.3 is 15.5 Å². The SMILES string of the molecule is O=C(O)CCCCCCNC(=O)c1ccc(O)c(Cl)c1. The second-order valence-electron chi connectivity index (χ2n) is 4.48. The molecule has 0 bridgehead atoms. The molecule has 0 radical (unpaired) electrons. The summed E-state index contributed by atoms with van der Waals surface area (Å²) < 4.78 is 0. The van der Waals surface area contributed by atoms with Gasteiger partial charge in [0.05, 0.1) is 5.02 Å². The Kier molecular flexibility index (Phi) is 6.87. The molecule has 0 atom stereocenters. The number of carboxylic acid groups (broad SMARTS) is 1. The normalized spacial score (nSPS) is 10.2. The Labute approximate surface area is 122 Å². The summed E-state index contributed by atoms with van der Waals surface area (Å²) in [6, 6.07) is 4.30. The van der Waals surface area contributed by atoms with Crippen LogP contribution in [0.5, 0.6) is 5.75 Å². The summed E-state index contributed by atoms with van der Waals surface area (Å²) in [4.78, 5) is 22.1. The number of hydrogen-bond acceptors (Lipinski definition) is 3. The summed E-state index contributed by atoms with van der Waals surface area (Å²) in [5.41, 5.74) is 0.402. The molecule has 1 aromatic carbocycles. The molecule has 20 heavy (non-hydrogen) atoms. The van der Waals surface area contributed by atoms with Gasteiger partial charge in [-0.3, -0.25) is 9.59 Å². The molecule has 0 fully saturated rings. The molecule has 6 heteroatoms. The number of aromatic hydroxyl groups is 1. The molecular formula is C14H18ClNO4. The fourth-order valence-corrected chi connectivity index (χ4v) is 1.89. The van der Waals surface area contributed by atoms with Gasteiger partial charge in [0.2, 0.25) is 0 Å². The Balaban J connectivity index is 2.20. The van der Waals surface area contributed by atoms with Crippen LogP contribution in [0.4, 0.5) is 0 Å². The molecule has 1 aromatic rings. The molecule has 0 unspecified atom stereocenters. The number of carbonyl (C=O) groups excluding carboxylic acids is 1. The van der Waals surface area contributed by atoms with Crippen molar-refractivity contribution in [3.05, 3.63) is 28.8 Å². The summed E-state index contributed by atoms with van der Waals surface area (Å²) in [6.45, 7) is 0.532. The quantitative estimate of drug-likeness (QED) is 0.644. The minimum Gasteiger partial charge on any atom is -0.506 e. The van der Waals surface area contributed by atoms with Crippen molar-refractivity contribution in [3.8, 4) is 5.75 Å². The van der Waals surface area contributed by atoms with Gasteiger partial charge in [0.15, 0.2) is 0 Å². The summed E-state index contributed by atoms with van der Waals surface area (Å²) in [5, 5.41) is 20.6. The van der Waals surface area contributed by atoms with Gasteiger partial charge in [0.1, 0.15) is 5.75 Å². The highest BCUT2D eigenvalue weighted by Crippen LogP contribution is 2.23. The summed E-state index contributed by atoms with van der Waals surface area (Å²) in [5.74, 6) is -1.07. The molecule has 0 aliphatic heterocycles. The smallest absolute Gasteiger partial charge is 0.303 e. The van der Waals surface area contributed by atoms with Crippen LogP contribution in [0.1, 0.15) is 42.5 Å². The van der Waals surface area contributed by atoms with E-state index in [4.69, 9.17) is 16.7 Å². The van der Waals surface area contributed by atoms with Gasteiger partial charge in [-0.05, 0) is 31.0 Å². The molecule has 0 saturated carbocycles. The fraction of sp³-hybridized carbons (Fsp3) is 0.429. The standard InChI is InChI=1S/C14H18ClNO4/c15-11-9-10(6-7-12(11)17)14(20)16-8-4-2-1-3-5-13(18)19/h6-7,9,17H,1-5,8H2,(H,16,20)(H,18,19). The maximum atomic E-state index is 11.8. The topological polar surface area (TPSA) is 86.6 Å². The summed E-state index contributed by atoms with van der Waals surface area (Å²) in [7, 11) is 0. The van der Waals surface area contributed by atoms with E-state index in [2.05, 4.69) is 5.32 Å². The van der Waals surface area contributed by atoms with Crippen LogP contribution in [0.3, 0.4) is 0 Å². The first-order valence-corrected chi connectivity index (χ1v) is 6.87.